The number of para-hydroxylation sites is 2. The van der Waals surface area contributed by atoms with Crippen LogP contribution >= 0.6 is 11.6 Å². The second-order valence-electron chi connectivity index (χ2n) is 6.04. The SMILES string of the molecule is CN(CC(=O)Nc1ccc(Cl)cc1)C(=O)CN1C(=O)COc2ccccc21. The summed E-state index contributed by atoms with van der Waals surface area (Å²) in [5, 5.41) is 3.26. The third-order valence-electron chi connectivity index (χ3n) is 4.04. The van der Waals surface area contributed by atoms with Gasteiger partial charge in [0.25, 0.3) is 5.91 Å². The summed E-state index contributed by atoms with van der Waals surface area (Å²) in [4.78, 5) is 39.4. The fourth-order valence-corrected chi connectivity index (χ4v) is 2.75. The number of likely N-dealkylation sites (N-methyl/N-ethyl adjacent to an activating group) is 1. The molecule has 0 saturated heterocycles. The number of amides is 3. The van der Waals surface area contributed by atoms with Gasteiger partial charge >= 0.3 is 0 Å². The van der Waals surface area contributed by atoms with E-state index in [2.05, 4.69) is 5.32 Å². The molecule has 0 aliphatic carbocycles. The fourth-order valence-electron chi connectivity index (χ4n) is 2.62. The molecule has 0 saturated carbocycles. The molecular formula is C19H18ClN3O4. The number of carbonyl (C=O) groups excluding carboxylic acids is 3. The molecule has 1 aliphatic rings. The van der Waals surface area contributed by atoms with E-state index in [4.69, 9.17) is 16.3 Å². The molecular weight excluding hydrogens is 370 g/mol. The average molecular weight is 388 g/mol. The highest BCUT2D eigenvalue weighted by molar-refractivity contribution is 6.30. The van der Waals surface area contributed by atoms with Gasteiger partial charge in [-0.15, -0.1) is 0 Å². The Labute approximate surface area is 161 Å². The Morgan fingerprint density at radius 2 is 1.89 bits per heavy atom. The number of nitrogens with one attached hydrogen (secondary N) is 1. The lowest BCUT2D eigenvalue weighted by molar-refractivity contribution is -0.133. The van der Waals surface area contributed by atoms with Crippen molar-refractivity contribution in [3.63, 3.8) is 0 Å². The molecule has 1 aliphatic heterocycles. The van der Waals surface area contributed by atoms with Gasteiger partial charge in [0.05, 0.1) is 12.2 Å². The molecule has 0 radical (unpaired) electrons. The molecule has 8 heteroatoms. The zero-order valence-corrected chi connectivity index (χ0v) is 15.4. The van der Waals surface area contributed by atoms with E-state index < -0.39 is 0 Å². The first-order valence-corrected chi connectivity index (χ1v) is 8.63. The zero-order valence-electron chi connectivity index (χ0n) is 14.6. The number of halogens is 1. The molecule has 7 nitrogen and oxygen atoms in total. The molecule has 0 atom stereocenters. The lowest BCUT2D eigenvalue weighted by Gasteiger charge is -2.30. The monoisotopic (exact) mass is 387 g/mol. The summed E-state index contributed by atoms with van der Waals surface area (Å²) < 4.78 is 5.36. The Balaban J connectivity index is 1.60. The van der Waals surface area contributed by atoms with Crippen LogP contribution < -0.4 is 15.0 Å². The standard InChI is InChI=1S/C19H18ClN3O4/c1-22(10-17(24)21-14-8-6-13(20)7-9-14)18(25)11-23-15-4-2-3-5-16(15)27-12-19(23)26/h2-9H,10-12H2,1H3,(H,21,24). The number of hydrogen-bond donors (Lipinski definition) is 1. The number of nitrogens with zero attached hydrogens (tertiary/aromatic N) is 2. The van der Waals surface area contributed by atoms with Crippen molar-refractivity contribution in [1.82, 2.24) is 4.90 Å². The van der Waals surface area contributed by atoms with Gasteiger partial charge in [0, 0.05) is 17.8 Å². The topological polar surface area (TPSA) is 79.0 Å². The highest BCUT2D eigenvalue weighted by atomic mass is 35.5. The molecule has 0 aromatic heterocycles. The second-order valence-corrected chi connectivity index (χ2v) is 6.48. The zero-order chi connectivity index (χ0) is 19.4. The first kappa shape index (κ1) is 18.7. The average Bonchev–Trinajstić information content (AvgIpc) is 2.65. The van der Waals surface area contributed by atoms with Crippen LogP contribution in [0.3, 0.4) is 0 Å². The van der Waals surface area contributed by atoms with E-state index in [1.54, 1.807) is 48.5 Å². The van der Waals surface area contributed by atoms with Gasteiger partial charge in [-0.2, -0.15) is 0 Å². The number of rotatable bonds is 5. The first-order chi connectivity index (χ1) is 12.9. The van der Waals surface area contributed by atoms with E-state index in [-0.39, 0.29) is 37.4 Å². The highest BCUT2D eigenvalue weighted by Crippen LogP contribution is 2.31. The van der Waals surface area contributed by atoms with Gasteiger partial charge in [-0.1, -0.05) is 23.7 Å². The maximum Gasteiger partial charge on any atom is 0.265 e. The van der Waals surface area contributed by atoms with Crippen molar-refractivity contribution in [3.05, 3.63) is 53.6 Å². The summed E-state index contributed by atoms with van der Waals surface area (Å²) in [5.74, 6) is -0.456. The normalized spacial score (nSPS) is 12.8. The molecule has 3 rings (SSSR count). The fraction of sp³-hybridized carbons (Fsp3) is 0.211. The van der Waals surface area contributed by atoms with Gasteiger partial charge in [0.1, 0.15) is 12.3 Å². The molecule has 27 heavy (non-hydrogen) atoms. The van der Waals surface area contributed by atoms with Crippen LogP contribution in [0.15, 0.2) is 48.5 Å². The van der Waals surface area contributed by atoms with Crippen LogP contribution in [-0.2, 0) is 14.4 Å². The number of benzene rings is 2. The van der Waals surface area contributed by atoms with Crippen molar-refractivity contribution in [2.24, 2.45) is 0 Å². The molecule has 0 bridgehead atoms. The van der Waals surface area contributed by atoms with Gasteiger partial charge in [-0.25, -0.2) is 0 Å². The quantitative estimate of drug-likeness (QED) is 0.852. The molecule has 0 fully saturated rings. The molecule has 140 valence electrons. The van der Waals surface area contributed by atoms with Crippen LogP contribution in [0, 0.1) is 0 Å². The molecule has 2 aromatic rings. The highest BCUT2D eigenvalue weighted by Gasteiger charge is 2.28. The van der Waals surface area contributed by atoms with Crippen molar-refractivity contribution in [2.75, 3.05) is 37.0 Å². The van der Waals surface area contributed by atoms with Gasteiger partial charge in [-0.05, 0) is 36.4 Å². The van der Waals surface area contributed by atoms with E-state index >= 15 is 0 Å². The number of ether oxygens (including phenoxy) is 1. The maximum absolute atomic E-state index is 12.5. The Morgan fingerprint density at radius 3 is 2.63 bits per heavy atom. The van der Waals surface area contributed by atoms with Crippen LogP contribution in [-0.4, -0.2) is 49.4 Å². The molecule has 0 spiro atoms. The lowest BCUT2D eigenvalue weighted by Crippen LogP contribution is -2.46. The maximum atomic E-state index is 12.5. The summed E-state index contributed by atoms with van der Waals surface area (Å²) in [7, 11) is 1.51. The van der Waals surface area contributed by atoms with Gasteiger partial charge in [0.15, 0.2) is 6.61 Å². The minimum atomic E-state index is -0.355. The van der Waals surface area contributed by atoms with Crippen molar-refractivity contribution < 1.29 is 19.1 Å². The molecule has 2 aromatic carbocycles. The van der Waals surface area contributed by atoms with Gasteiger partial charge in [-0.3, -0.25) is 19.3 Å². The number of fused-ring (bicyclic) bond motifs is 1. The molecule has 1 N–H and O–H groups in total. The predicted molar refractivity (Wildman–Crippen MR) is 102 cm³/mol. The van der Waals surface area contributed by atoms with Crippen molar-refractivity contribution in [2.45, 2.75) is 0 Å². The van der Waals surface area contributed by atoms with Crippen LogP contribution in [0.25, 0.3) is 0 Å². The molecule has 0 unspecified atom stereocenters. The third-order valence-corrected chi connectivity index (χ3v) is 4.29. The van der Waals surface area contributed by atoms with Gasteiger partial charge < -0.3 is 15.0 Å². The largest absolute Gasteiger partial charge is 0.482 e. The van der Waals surface area contributed by atoms with Crippen LogP contribution in [0.5, 0.6) is 5.75 Å². The van der Waals surface area contributed by atoms with Crippen LogP contribution in [0.1, 0.15) is 0 Å². The summed E-state index contributed by atoms with van der Waals surface area (Å²) in [6.07, 6.45) is 0. The molecule has 3 amide bonds. The van der Waals surface area contributed by atoms with Crippen molar-refractivity contribution in [1.29, 1.82) is 0 Å². The van der Waals surface area contributed by atoms with E-state index in [0.29, 0.717) is 22.1 Å². The third kappa shape index (κ3) is 4.57. The predicted octanol–water partition coefficient (Wildman–Crippen LogP) is 2.16. The minimum Gasteiger partial charge on any atom is -0.482 e. The first-order valence-electron chi connectivity index (χ1n) is 8.25. The Hall–Kier alpha value is -3.06. The number of carbonyl (C=O) groups is 3. The van der Waals surface area contributed by atoms with E-state index in [9.17, 15) is 14.4 Å². The summed E-state index contributed by atoms with van der Waals surface area (Å²) >= 11 is 5.81. The Kier molecular flexibility index (Phi) is 5.61. The lowest BCUT2D eigenvalue weighted by atomic mass is 10.2. The smallest absolute Gasteiger partial charge is 0.265 e. The minimum absolute atomic E-state index is 0.120. The molecule has 1 heterocycles. The Morgan fingerprint density at radius 1 is 1.19 bits per heavy atom. The van der Waals surface area contributed by atoms with Crippen molar-refractivity contribution in [3.8, 4) is 5.75 Å². The van der Waals surface area contributed by atoms with E-state index in [0.717, 1.165) is 0 Å². The number of anilines is 2. The van der Waals surface area contributed by atoms with Crippen LogP contribution in [0.2, 0.25) is 5.02 Å². The number of hydrogen-bond acceptors (Lipinski definition) is 4. The summed E-state index contributed by atoms with van der Waals surface area (Å²) in [6.45, 7) is -0.420. The van der Waals surface area contributed by atoms with E-state index in [1.807, 2.05) is 0 Å². The second kappa shape index (κ2) is 8.09. The summed E-state index contributed by atoms with van der Waals surface area (Å²) in [6, 6.07) is 13.7. The van der Waals surface area contributed by atoms with Crippen molar-refractivity contribution >= 4 is 40.7 Å². The summed E-state index contributed by atoms with van der Waals surface area (Å²) in [5.41, 5.74) is 1.13. The van der Waals surface area contributed by atoms with Gasteiger partial charge in [0.2, 0.25) is 11.8 Å². The Bertz CT molecular complexity index is 870. The van der Waals surface area contributed by atoms with Crippen LogP contribution in [0.4, 0.5) is 11.4 Å². The van der Waals surface area contributed by atoms with E-state index in [1.165, 1.54) is 16.8 Å².